The molecule has 4 nitrogen and oxygen atoms in total. The van der Waals surface area contributed by atoms with Crippen LogP contribution < -0.4 is 20.7 Å². The summed E-state index contributed by atoms with van der Waals surface area (Å²) in [6.45, 7) is 0. The normalized spacial score (nSPS) is 11.9. The lowest BCUT2D eigenvalue weighted by atomic mass is 10.1. The van der Waals surface area contributed by atoms with Gasteiger partial charge in [-0.3, -0.25) is 9.55 Å². The highest BCUT2D eigenvalue weighted by Gasteiger charge is 2.42. The number of benzene rings is 6. The van der Waals surface area contributed by atoms with E-state index in [1.165, 1.54) is 20.7 Å². The van der Waals surface area contributed by atoms with Crippen LogP contribution in [0.3, 0.4) is 0 Å². The molecule has 10 rings (SSSR count). The highest BCUT2D eigenvalue weighted by Crippen LogP contribution is 2.39. The molecule has 0 spiro atoms. The standard InChI is InChI=1S/C46H31N3OSi/c1-3-16-34(17-4-1)51(35-18-5-2-6-19-35,36-20-11-14-32(30-36)42-24-9-10-28-47-42)37-21-12-15-33(31-37)49-44-39(41-23-13-29-48-46(41)49)26-27-40-38-22-7-8-25-43(38)50-45(40)44/h1-31H. The second-order valence-electron chi connectivity index (χ2n) is 13.0. The van der Waals surface area contributed by atoms with E-state index in [0.717, 1.165) is 60.8 Å². The highest BCUT2D eigenvalue weighted by atomic mass is 28.3. The first kappa shape index (κ1) is 29.4. The van der Waals surface area contributed by atoms with Crippen LogP contribution in [0.2, 0.25) is 0 Å². The van der Waals surface area contributed by atoms with Gasteiger partial charge in [-0.1, -0.05) is 127 Å². The minimum absolute atomic E-state index is 0.870. The number of furan rings is 1. The zero-order chi connectivity index (χ0) is 33.8. The molecule has 0 aliphatic carbocycles. The van der Waals surface area contributed by atoms with E-state index in [1.54, 1.807) is 0 Å². The third-order valence-corrected chi connectivity index (χ3v) is 15.0. The Labute approximate surface area is 295 Å². The fourth-order valence-corrected chi connectivity index (χ4v) is 12.9. The smallest absolute Gasteiger partial charge is 0.179 e. The molecule has 0 fully saturated rings. The van der Waals surface area contributed by atoms with Crippen molar-refractivity contribution in [2.45, 2.75) is 0 Å². The van der Waals surface area contributed by atoms with Crippen LogP contribution in [0.4, 0.5) is 0 Å². The first-order valence-corrected chi connectivity index (χ1v) is 19.2. The van der Waals surface area contributed by atoms with E-state index in [9.17, 15) is 0 Å². The van der Waals surface area contributed by atoms with Crippen molar-refractivity contribution < 1.29 is 4.42 Å². The molecular formula is C46H31N3OSi. The van der Waals surface area contributed by atoms with Crippen LogP contribution in [0.25, 0.3) is 60.8 Å². The maximum Gasteiger partial charge on any atom is 0.179 e. The van der Waals surface area contributed by atoms with Gasteiger partial charge in [0.2, 0.25) is 0 Å². The predicted octanol–water partition coefficient (Wildman–Crippen LogP) is 8.52. The van der Waals surface area contributed by atoms with Crippen molar-refractivity contribution in [3.63, 3.8) is 0 Å². The van der Waals surface area contributed by atoms with Crippen molar-refractivity contribution in [1.82, 2.24) is 14.5 Å². The van der Waals surface area contributed by atoms with Gasteiger partial charge in [-0.05, 0) is 69.3 Å². The third kappa shape index (κ3) is 4.52. The summed E-state index contributed by atoms with van der Waals surface area (Å²) in [7, 11) is -2.91. The van der Waals surface area contributed by atoms with Crippen molar-refractivity contribution in [3.8, 4) is 16.9 Å². The van der Waals surface area contributed by atoms with Crippen LogP contribution in [0.5, 0.6) is 0 Å². The minimum Gasteiger partial charge on any atom is -0.454 e. The highest BCUT2D eigenvalue weighted by molar-refractivity contribution is 7.20. The van der Waals surface area contributed by atoms with Crippen LogP contribution in [-0.4, -0.2) is 22.6 Å². The summed E-state index contributed by atoms with van der Waals surface area (Å²) in [5.41, 5.74) is 6.79. The van der Waals surface area contributed by atoms with Crippen LogP contribution >= 0.6 is 0 Å². The first-order chi connectivity index (χ1) is 25.3. The Kier molecular flexibility index (Phi) is 6.79. The lowest BCUT2D eigenvalue weighted by molar-refractivity contribution is 0.671. The van der Waals surface area contributed by atoms with Gasteiger partial charge in [0.1, 0.15) is 11.2 Å². The van der Waals surface area contributed by atoms with Crippen molar-refractivity contribution in [3.05, 3.63) is 188 Å². The Morgan fingerprint density at radius 2 is 1.10 bits per heavy atom. The average Bonchev–Trinajstić information content (AvgIpc) is 3.76. The molecule has 0 radical (unpaired) electrons. The summed E-state index contributed by atoms with van der Waals surface area (Å²) in [5, 5.41) is 9.62. The van der Waals surface area contributed by atoms with Gasteiger partial charge >= 0.3 is 0 Å². The maximum atomic E-state index is 6.67. The van der Waals surface area contributed by atoms with Crippen molar-refractivity contribution in [1.29, 1.82) is 0 Å². The van der Waals surface area contributed by atoms with Gasteiger partial charge in [0, 0.05) is 45.2 Å². The number of rotatable bonds is 6. The number of fused-ring (bicyclic) bond motifs is 7. The van der Waals surface area contributed by atoms with Gasteiger partial charge in [-0.25, -0.2) is 4.98 Å². The lowest BCUT2D eigenvalue weighted by Gasteiger charge is -2.35. The fraction of sp³-hybridized carbons (Fsp3) is 0. The Bertz CT molecular complexity index is 2820. The van der Waals surface area contributed by atoms with Gasteiger partial charge in [-0.2, -0.15) is 0 Å². The van der Waals surface area contributed by atoms with Crippen molar-refractivity contribution in [2.75, 3.05) is 0 Å². The topological polar surface area (TPSA) is 43.9 Å². The molecule has 0 amide bonds. The van der Waals surface area contributed by atoms with Gasteiger partial charge in [-0.15, -0.1) is 0 Å². The Hall–Kier alpha value is -6.56. The molecule has 51 heavy (non-hydrogen) atoms. The molecule has 0 unspecified atom stereocenters. The van der Waals surface area contributed by atoms with E-state index in [0.29, 0.717) is 0 Å². The van der Waals surface area contributed by atoms with Gasteiger partial charge < -0.3 is 4.42 Å². The molecule has 6 aromatic carbocycles. The predicted molar refractivity (Wildman–Crippen MR) is 213 cm³/mol. The molecule has 0 N–H and O–H groups in total. The fourth-order valence-electron chi connectivity index (χ4n) is 8.06. The number of nitrogens with zero attached hydrogens (tertiary/aromatic N) is 3. The molecule has 4 heterocycles. The van der Waals surface area contributed by atoms with Crippen LogP contribution in [0.15, 0.2) is 193 Å². The largest absolute Gasteiger partial charge is 0.454 e. The molecule has 0 aliphatic heterocycles. The summed E-state index contributed by atoms with van der Waals surface area (Å²) in [6.07, 6.45) is 3.75. The molecule has 0 bridgehead atoms. The van der Waals surface area contributed by atoms with E-state index >= 15 is 0 Å². The van der Waals surface area contributed by atoms with E-state index in [1.807, 2.05) is 36.7 Å². The van der Waals surface area contributed by atoms with Crippen molar-refractivity contribution in [2.24, 2.45) is 0 Å². The maximum absolute atomic E-state index is 6.67. The average molecular weight is 670 g/mol. The SMILES string of the molecule is c1ccc([Si](c2ccccc2)(c2cccc(-c3ccccn3)c2)c2cccc(-n3c4ncccc4c4ccc5c6ccccc6oc5c43)c2)cc1. The van der Waals surface area contributed by atoms with E-state index in [4.69, 9.17) is 14.4 Å². The number of hydrogen-bond donors (Lipinski definition) is 0. The zero-order valence-corrected chi connectivity index (χ0v) is 28.6. The van der Waals surface area contributed by atoms with Crippen molar-refractivity contribution >= 4 is 72.7 Å². The second kappa shape index (κ2) is 11.8. The zero-order valence-electron chi connectivity index (χ0n) is 27.6. The summed E-state index contributed by atoms with van der Waals surface area (Å²) in [6, 6.07) is 63.2. The summed E-state index contributed by atoms with van der Waals surface area (Å²) in [4.78, 5) is 9.73. The summed E-state index contributed by atoms with van der Waals surface area (Å²) >= 11 is 0. The van der Waals surface area contributed by atoms with Gasteiger partial charge in [0.15, 0.2) is 13.7 Å². The Morgan fingerprint density at radius 1 is 0.451 bits per heavy atom. The van der Waals surface area contributed by atoms with Crippen LogP contribution in [0.1, 0.15) is 0 Å². The Balaban J connectivity index is 1.30. The van der Waals surface area contributed by atoms with Gasteiger partial charge in [0.05, 0.1) is 11.2 Å². The van der Waals surface area contributed by atoms with E-state index in [-0.39, 0.29) is 0 Å². The molecule has 0 saturated carbocycles. The van der Waals surface area contributed by atoms with E-state index < -0.39 is 8.07 Å². The van der Waals surface area contributed by atoms with E-state index in [2.05, 4.69) is 156 Å². The summed E-state index contributed by atoms with van der Waals surface area (Å²) in [5.74, 6) is 0. The van der Waals surface area contributed by atoms with Crippen LogP contribution in [0, 0.1) is 0 Å². The number of hydrogen-bond acceptors (Lipinski definition) is 3. The molecular weight excluding hydrogens is 639 g/mol. The monoisotopic (exact) mass is 669 g/mol. The first-order valence-electron chi connectivity index (χ1n) is 17.2. The number of aromatic nitrogens is 3. The quantitative estimate of drug-likeness (QED) is 0.132. The second-order valence-corrected chi connectivity index (χ2v) is 16.8. The molecule has 0 atom stereocenters. The molecule has 5 heteroatoms. The number of pyridine rings is 2. The van der Waals surface area contributed by atoms with Gasteiger partial charge in [0.25, 0.3) is 0 Å². The molecule has 240 valence electrons. The Morgan fingerprint density at radius 3 is 1.88 bits per heavy atom. The number of para-hydroxylation sites is 1. The molecule has 4 aromatic heterocycles. The summed E-state index contributed by atoms with van der Waals surface area (Å²) < 4.78 is 8.98. The third-order valence-electron chi connectivity index (χ3n) is 10.2. The lowest BCUT2D eigenvalue weighted by Crippen LogP contribution is -2.74. The van der Waals surface area contributed by atoms with Crippen LogP contribution in [-0.2, 0) is 0 Å². The minimum atomic E-state index is -2.91. The molecule has 0 aliphatic rings. The molecule has 10 aromatic rings. The molecule has 0 saturated heterocycles.